The normalized spacial score (nSPS) is 13.6. The van der Waals surface area contributed by atoms with Crippen molar-refractivity contribution in [2.75, 3.05) is 19.8 Å². The van der Waals surface area contributed by atoms with Gasteiger partial charge in [0.2, 0.25) is 0 Å². The topological polar surface area (TPSA) is 78.4 Å². The van der Waals surface area contributed by atoms with Gasteiger partial charge >= 0.3 is 5.97 Å². The van der Waals surface area contributed by atoms with Gasteiger partial charge in [0.15, 0.2) is 0 Å². The molecule has 1 aliphatic rings. The van der Waals surface area contributed by atoms with Crippen molar-refractivity contribution in [3.05, 3.63) is 82.3 Å². The Labute approximate surface area is 244 Å². The van der Waals surface area contributed by atoms with E-state index >= 15 is 0 Å². The van der Waals surface area contributed by atoms with Crippen LogP contribution in [0.4, 0.5) is 0 Å². The Bertz CT molecular complexity index is 1720. The molecule has 8 heteroatoms. The number of aromatic nitrogens is 3. The highest BCUT2D eigenvalue weighted by Crippen LogP contribution is 2.38. The molecule has 5 aromatic rings. The second-order valence-corrected chi connectivity index (χ2v) is 10.8. The van der Waals surface area contributed by atoms with Crippen LogP contribution in [0.1, 0.15) is 53.6 Å². The highest BCUT2D eigenvalue weighted by molar-refractivity contribution is 6.31. The van der Waals surface area contributed by atoms with Crippen LogP contribution in [0.5, 0.6) is 5.75 Å². The summed E-state index contributed by atoms with van der Waals surface area (Å²) in [4.78, 5) is 13.5. The number of benzene rings is 3. The highest BCUT2D eigenvalue weighted by atomic mass is 35.5. The van der Waals surface area contributed by atoms with E-state index < -0.39 is 0 Å². The zero-order chi connectivity index (χ0) is 28.3. The maximum absolute atomic E-state index is 13.5. The molecule has 7 nitrogen and oxygen atoms in total. The average Bonchev–Trinajstić information content (AvgIpc) is 3.48. The lowest BCUT2D eigenvalue weighted by atomic mass is 9.98. The van der Waals surface area contributed by atoms with E-state index in [1.807, 2.05) is 50.2 Å². The number of hydrogen-bond donors (Lipinski definition) is 1. The number of rotatable bonds is 7. The minimum atomic E-state index is -0.285. The van der Waals surface area contributed by atoms with E-state index in [2.05, 4.69) is 33.0 Å². The third kappa shape index (κ3) is 5.32. The molecular formula is C33H34ClN3O4. The number of carbonyl (C=O) groups excluding carboxylic acids is 1. The number of fused-ring (bicyclic) bond motifs is 3. The molecule has 0 bridgehead atoms. The summed E-state index contributed by atoms with van der Waals surface area (Å²) in [7, 11) is 0. The molecule has 0 amide bonds. The number of para-hydroxylation sites is 1. The zero-order valence-electron chi connectivity index (χ0n) is 23.5. The summed E-state index contributed by atoms with van der Waals surface area (Å²) >= 11 is 6.19. The number of aryl methyl sites for hydroxylation is 3. The number of hydrogen-bond acceptors (Lipinski definition) is 5. The van der Waals surface area contributed by atoms with Crippen LogP contribution in [-0.2, 0) is 29.0 Å². The van der Waals surface area contributed by atoms with Crippen molar-refractivity contribution in [3.8, 4) is 16.9 Å². The predicted molar refractivity (Wildman–Crippen MR) is 162 cm³/mol. The molecule has 0 aliphatic carbocycles. The first kappa shape index (κ1) is 27.4. The first-order valence-electron chi connectivity index (χ1n) is 14.3. The molecule has 6 rings (SSSR count). The molecule has 0 spiro atoms. The van der Waals surface area contributed by atoms with Crippen molar-refractivity contribution in [1.29, 1.82) is 0 Å². The van der Waals surface area contributed by atoms with Crippen LogP contribution in [-0.4, -0.2) is 40.6 Å². The molecule has 212 valence electrons. The van der Waals surface area contributed by atoms with Gasteiger partial charge in [-0.15, -0.1) is 0 Å². The average molecular weight is 572 g/mol. The fourth-order valence-corrected chi connectivity index (χ4v) is 6.14. The number of H-pyrrole nitrogens is 1. The standard InChI is InChI=1S/C33H34ClN3O4/c1-3-40-33(38)32-26(12-8-18-41-29-13-6-9-22-19-23(34)14-15-24(22)29)25-10-7-11-27-30-21(2)35-36-28(30)20-39-17-5-4-16-37(32)31(25)27/h6-7,9-11,13-15,19H,3-5,8,12,16-18,20H2,1-2H3,(H,35,36). The lowest BCUT2D eigenvalue weighted by Crippen LogP contribution is -2.15. The molecule has 1 aliphatic heterocycles. The molecule has 0 saturated carbocycles. The van der Waals surface area contributed by atoms with Gasteiger partial charge in [-0.25, -0.2) is 4.79 Å². The zero-order valence-corrected chi connectivity index (χ0v) is 24.2. The summed E-state index contributed by atoms with van der Waals surface area (Å²) in [6.07, 6.45) is 3.20. The summed E-state index contributed by atoms with van der Waals surface area (Å²) in [6.45, 7) is 6.51. The van der Waals surface area contributed by atoms with Gasteiger partial charge in [0.25, 0.3) is 0 Å². The van der Waals surface area contributed by atoms with Gasteiger partial charge in [0.05, 0.1) is 31.0 Å². The molecule has 2 aromatic heterocycles. The van der Waals surface area contributed by atoms with Crippen LogP contribution in [0.2, 0.25) is 5.02 Å². The second kappa shape index (κ2) is 12.0. The smallest absolute Gasteiger partial charge is 0.355 e. The van der Waals surface area contributed by atoms with E-state index in [0.29, 0.717) is 50.1 Å². The molecular weight excluding hydrogens is 538 g/mol. The van der Waals surface area contributed by atoms with Crippen LogP contribution in [0, 0.1) is 6.92 Å². The van der Waals surface area contributed by atoms with Crippen LogP contribution in [0.3, 0.4) is 0 Å². The first-order chi connectivity index (χ1) is 20.1. The van der Waals surface area contributed by atoms with Gasteiger partial charge in [0.1, 0.15) is 11.4 Å². The van der Waals surface area contributed by atoms with Gasteiger partial charge in [-0.05, 0) is 74.7 Å². The molecule has 41 heavy (non-hydrogen) atoms. The Hall–Kier alpha value is -3.81. The summed E-state index contributed by atoms with van der Waals surface area (Å²) in [5.41, 5.74) is 6.64. The largest absolute Gasteiger partial charge is 0.493 e. The summed E-state index contributed by atoms with van der Waals surface area (Å²) < 4.78 is 20.0. The van der Waals surface area contributed by atoms with Crippen LogP contribution in [0.15, 0.2) is 54.6 Å². The van der Waals surface area contributed by atoms with Gasteiger partial charge in [0, 0.05) is 45.8 Å². The van der Waals surface area contributed by atoms with E-state index in [4.69, 9.17) is 25.8 Å². The Balaban J connectivity index is 1.39. The van der Waals surface area contributed by atoms with Crippen molar-refractivity contribution in [2.24, 2.45) is 0 Å². The van der Waals surface area contributed by atoms with Crippen LogP contribution >= 0.6 is 11.6 Å². The van der Waals surface area contributed by atoms with E-state index in [1.54, 1.807) is 0 Å². The molecule has 0 atom stereocenters. The second-order valence-electron chi connectivity index (χ2n) is 10.4. The molecule has 0 saturated heterocycles. The third-order valence-electron chi connectivity index (χ3n) is 7.74. The number of halogens is 1. The SMILES string of the molecule is CCOC(=O)c1c(CCCOc2cccc3cc(Cl)ccc23)c2cccc3c2n1CCCCOCc1n[nH]c(C)c1-3. The Morgan fingerprint density at radius 1 is 1.12 bits per heavy atom. The van der Waals surface area contributed by atoms with E-state index in [-0.39, 0.29) is 5.97 Å². The number of nitrogens with one attached hydrogen (secondary N) is 1. The monoisotopic (exact) mass is 571 g/mol. The molecule has 0 radical (unpaired) electrons. The van der Waals surface area contributed by atoms with Crippen molar-refractivity contribution < 1.29 is 19.0 Å². The van der Waals surface area contributed by atoms with Crippen LogP contribution < -0.4 is 4.74 Å². The summed E-state index contributed by atoms with van der Waals surface area (Å²) in [6, 6.07) is 18.1. The van der Waals surface area contributed by atoms with Crippen molar-refractivity contribution in [3.63, 3.8) is 0 Å². The lowest BCUT2D eigenvalue weighted by Gasteiger charge is -2.13. The minimum Gasteiger partial charge on any atom is -0.493 e. The third-order valence-corrected chi connectivity index (χ3v) is 7.97. The molecule has 0 unspecified atom stereocenters. The van der Waals surface area contributed by atoms with E-state index in [0.717, 1.165) is 74.8 Å². The number of nitrogens with zero attached hydrogens (tertiary/aromatic N) is 2. The van der Waals surface area contributed by atoms with Gasteiger partial charge in [-0.3, -0.25) is 5.10 Å². The van der Waals surface area contributed by atoms with E-state index in [1.165, 1.54) is 0 Å². The maximum Gasteiger partial charge on any atom is 0.355 e. The maximum atomic E-state index is 13.5. The van der Waals surface area contributed by atoms with Gasteiger partial charge in [-0.1, -0.05) is 41.9 Å². The quantitative estimate of drug-likeness (QED) is 0.160. The molecule has 1 N–H and O–H groups in total. The minimum absolute atomic E-state index is 0.285. The fraction of sp³-hybridized carbons (Fsp3) is 0.333. The number of esters is 1. The summed E-state index contributed by atoms with van der Waals surface area (Å²) in [5, 5.41) is 11.5. The van der Waals surface area contributed by atoms with Crippen LogP contribution in [0.25, 0.3) is 32.8 Å². The number of aromatic amines is 1. The molecule has 3 aromatic carbocycles. The van der Waals surface area contributed by atoms with Gasteiger partial charge < -0.3 is 18.8 Å². The summed E-state index contributed by atoms with van der Waals surface area (Å²) in [5.74, 6) is 0.542. The fourth-order valence-electron chi connectivity index (χ4n) is 5.96. The van der Waals surface area contributed by atoms with Crippen molar-refractivity contribution in [1.82, 2.24) is 14.8 Å². The Kier molecular flexibility index (Phi) is 7.99. The van der Waals surface area contributed by atoms with Crippen molar-refractivity contribution in [2.45, 2.75) is 52.7 Å². The number of ether oxygens (including phenoxy) is 3. The van der Waals surface area contributed by atoms with Gasteiger partial charge in [-0.2, -0.15) is 5.10 Å². The predicted octanol–water partition coefficient (Wildman–Crippen LogP) is 7.65. The van der Waals surface area contributed by atoms with E-state index in [9.17, 15) is 4.79 Å². The molecule has 0 fully saturated rings. The molecule has 3 heterocycles. The highest BCUT2D eigenvalue weighted by Gasteiger charge is 2.27. The Morgan fingerprint density at radius 2 is 2.00 bits per heavy atom. The van der Waals surface area contributed by atoms with Crippen molar-refractivity contribution >= 4 is 39.2 Å². The Morgan fingerprint density at radius 3 is 2.88 bits per heavy atom. The number of carbonyl (C=O) groups is 1. The lowest BCUT2D eigenvalue weighted by molar-refractivity contribution is 0.0512. The first-order valence-corrected chi connectivity index (χ1v) is 14.7.